The molecule has 3 N–H and O–H groups in total. The van der Waals surface area contributed by atoms with Gasteiger partial charge in [-0.25, -0.2) is 0 Å². The number of hydrogen-bond donors (Lipinski definition) is 2. The summed E-state index contributed by atoms with van der Waals surface area (Å²) in [5.74, 6) is 5.55. The van der Waals surface area contributed by atoms with Gasteiger partial charge in [0.1, 0.15) is 0 Å². The predicted molar refractivity (Wildman–Crippen MR) is 66.6 cm³/mol. The van der Waals surface area contributed by atoms with E-state index in [1.807, 2.05) is 6.07 Å². The number of rotatable bonds is 6. The van der Waals surface area contributed by atoms with Gasteiger partial charge in [0, 0.05) is 12.2 Å². The minimum atomic E-state index is 0.0580. The van der Waals surface area contributed by atoms with Crippen LogP contribution in [0.25, 0.3) is 0 Å². The molecule has 2 rings (SSSR count). The zero-order valence-corrected chi connectivity index (χ0v) is 10.6. The molecule has 17 heavy (non-hydrogen) atoms. The van der Waals surface area contributed by atoms with Crippen molar-refractivity contribution in [1.82, 2.24) is 5.43 Å². The van der Waals surface area contributed by atoms with Crippen LogP contribution in [0, 0.1) is 0 Å². The second-order valence-corrected chi connectivity index (χ2v) is 4.78. The molecule has 2 heterocycles. The van der Waals surface area contributed by atoms with E-state index in [-0.39, 0.29) is 6.04 Å². The topological polar surface area (TPSA) is 60.4 Å². The average Bonchev–Trinajstić information content (AvgIpc) is 2.96. The van der Waals surface area contributed by atoms with Crippen molar-refractivity contribution in [3.05, 3.63) is 23.1 Å². The molecule has 1 aliphatic rings. The third-order valence-electron chi connectivity index (χ3n) is 3.27. The molecule has 0 aromatic carbocycles. The van der Waals surface area contributed by atoms with E-state index in [9.17, 15) is 0 Å². The molecular weight excluding hydrogens is 240 g/mol. The zero-order chi connectivity index (χ0) is 12.1. The van der Waals surface area contributed by atoms with Crippen LogP contribution in [0.3, 0.4) is 0 Å². The summed E-state index contributed by atoms with van der Waals surface area (Å²) in [4.78, 5) is 0. The fourth-order valence-corrected chi connectivity index (χ4v) is 2.55. The summed E-state index contributed by atoms with van der Waals surface area (Å²) < 4.78 is 10.7. The Hall–Kier alpha value is -0.550. The number of nitrogens with two attached hydrogens (primary N) is 1. The van der Waals surface area contributed by atoms with Gasteiger partial charge in [-0.3, -0.25) is 11.3 Å². The Labute approximate surface area is 106 Å². The number of furan rings is 1. The predicted octanol–water partition coefficient (Wildman–Crippen LogP) is 2.79. The van der Waals surface area contributed by atoms with Crippen molar-refractivity contribution in [2.75, 3.05) is 6.61 Å². The van der Waals surface area contributed by atoms with Crippen LogP contribution < -0.4 is 11.3 Å². The maximum atomic E-state index is 5.93. The van der Waals surface area contributed by atoms with Gasteiger partial charge in [0.05, 0.1) is 18.4 Å². The molecule has 0 amide bonds. The Balaban J connectivity index is 1.77. The van der Waals surface area contributed by atoms with Gasteiger partial charge in [0.25, 0.3) is 0 Å². The number of ether oxygens (including phenoxy) is 1. The first kappa shape index (κ1) is 12.9. The third-order valence-corrected chi connectivity index (χ3v) is 3.57. The number of hydrogen-bond acceptors (Lipinski definition) is 4. The third kappa shape index (κ3) is 3.45. The van der Waals surface area contributed by atoms with Crippen LogP contribution in [0.5, 0.6) is 0 Å². The van der Waals surface area contributed by atoms with Crippen LogP contribution in [0.1, 0.15) is 43.7 Å². The normalized spacial score (nSPS) is 21.9. The van der Waals surface area contributed by atoms with Gasteiger partial charge in [-0.2, -0.15) is 0 Å². The van der Waals surface area contributed by atoms with Gasteiger partial charge in [0.15, 0.2) is 5.22 Å². The smallest absolute Gasteiger partial charge is 0.197 e. The van der Waals surface area contributed by atoms with E-state index < -0.39 is 0 Å². The Kier molecular flexibility index (Phi) is 4.86. The lowest BCUT2D eigenvalue weighted by molar-refractivity contribution is 0.101. The minimum Gasteiger partial charge on any atom is -0.453 e. The SMILES string of the molecule is NNC(CCCC1CCCO1)c1ccoc1Cl. The first-order valence-electron chi connectivity index (χ1n) is 6.12. The maximum Gasteiger partial charge on any atom is 0.197 e. The van der Waals surface area contributed by atoms with Crippen LogP contribution in [0.4, 0.5) is 0 Å². The van der Waals surface area contributed by atoms with Gasteiger partial charge in [0.2, 0.25) is 0 Å². The summed E-state index contributed by atoms with van der Waals surface area (Å²) >= 11 is 5.93. The van der Waals surface area contributed by atoms with E-state index in [1.165, 1.54) is 12.8 Å². The van der Waals surface area contributed by atoms with Crippen LogP contribution in [-0.2, 0) is 4.74 Å². The molecule has 5 heteroatoms. The molecule has 1 fully saturated rings. The summed E-state index contributed by atoms with van der Waals surface area (Å²) in [6.07, 6.45) is 7.50. The summed E-state index contributed by atoms with van der Waals surface area (Å²) in [5, 5.41) is 0.421. The number of halogens is 1. The second-order valence-electron chi connectivity index (χ2n) is 4.43. The highest BCUT2D eigenvalue weighted by atomic mass is 35.5. The summed E-state index contributed by atoms with van der Waals surface area (Å²) in [6.45, 7) is 0.913. The zero-order valence-electron chi connectivity index (χ0n) is 9.82. The molecule has 1 aromatic heterocycles. The van der Waals surface area contributed by atoms with E-state index in [2.05, 4.69) is 5.43 Å². The summed E-state index contributed by atoms with van der Waals surface area (Å²) in [5.41, 5.74) is 3.72. The van der Waals surface area contributed by atoms with E-state index in [0.717, 1.165) is 31.4 Å². The van der Waals surface area contributed by atoms with Crippen molar-refractivity contribution < 1.29 is 9.15 Å². The number of hydrazine groups is 1. The standard InChI is InChI=1S/C12H19ClN2O2/c13-12-10(6-8-17-12)11(15-14)5-1-3-9-4-2-7-16-9/h6,8-9,11,15H,1-5,7,14H2. The van der Waals surface area contributed by atoms with Gasteiger partial charge < -0.3 is 9.15 Å². The molecular formula is C12H19ClN2O2. The molecule has 0 aliphatic carbocycles. The van der Waals surface area contributed by atoms with Crippen LogP contribution in [0.15, 0.2) is 16.7 Å². The van der Waals surface area contributed by atoms with Crippen molar-refractivity contribution in [3.8, 4) is 0 Å². The molecule has 1 aromatic rings. The minimum absolute atomic E-state index is 0.0580. The van der Waals surface area contributed by atoms with Gasteiger partial charge in [-0.05, 0) is 49.8 Å². The Bertz CT molecular complexity index is 337. The summed E-state index contributed by atoms with van der Waals surface area (Å²) in [6, 6.07) is 1.92. The fourth-order valence-electron chi connectivity index (χ4n) is 2.30. The summed E-state index contributed by atoms with van der Waals surface area (Å²) in [7, 11) is 0. The quantitative estimate of drug-likeness (QED) is 0.608. The Morgan fingerprint density at radius 2 is 2.47 bits per heavy atom. The molecule has 4 nitrogen and oxygen atoms in total. The molecule has 1 aliphatic heterocycles. The lowest BCUT2D eigenvalue weighted by atomic mass is 10.0. The lowest BCUT2D eigenvalue weighted by Crippen LogP contribution is -2.28. The maximum absolute atomic E-state index is 5.93. The van der Waals surface area contributed by atoms with Crippen molar-refractivity contribution in [2.45, 2.75) is 44.2 Å². The van der Waals surface area contributed by atoms with Crippen molar-refractivity contribution in [2.24, 2.45) is 5.84 Å². The van der Waals surface area contributed by atoms with Crippen LogP contribution >= 0.6 is 11.6 Å². The van der Waals surface area contributed by atoms with Crippen molar-refractivity contribution in [1.29, 1.82) is 0 Å². The second kappa shape index (κ2) is 6.40. The van der Waals surface area contributed by atoms with E-state index >= 15 is 0 Å². The Morgan fingerprint density at radius 3 is 3.06 bits per heavy atom. The Morgan fingerprint density at radius 1 is 1.59 bits per heavy atom. The van der Waals surface area contributed by atoms with E-state index in [0.29, 0.717) is 11.3 Å². The van der Waals surface area contributed by atoms with Gasteiger partial charge >= 0.3 is 0 Å². The lowest BCUT2D eigenvalue weighted by Gasteiger charge is -2.16. The molecule has 2 unspecified atom stereocenters. The molecule has 0 spiro atoms. The largest absolute Gasteiger partial charge is 0.453 e. The molecule has 2 atom stereocenters. The highest BCUT2D eigenvalue weighted by Crippen LogP contribution is 2.28. The highest BCUT2D eigenvalue weighted by Gasteiger charge is 2.18. The van der Waals surface area contributed by atoms with E-state index in [1.54, 1.807) is 6.26 Å². The monoisotopic (exact) mass is 258 g/mol. The first-order chi connectivity index (χ1) is 8.31. The molecule has 0 radical (unpaired) electrons. The highest BCUT2D eigenvalue weighted by molar-refractivity contribution is 6.29. The van der Waals surface area contributed by atoms with Crippen LogP contribution in [-0.4, -0.2) is 12.7 Å². The molecule has 0 saturated carbocycles. The number of nitrogens with one attached hydrogen (secondary N) is 1. The molecule has 1 saturated heterocycles. The molecule has 96 valence electrons. The fraction of sp³-hybridized carbons (Fsp3) is 0.667. The van der Waals surface area contributed by atoms with Crippen molar-refractivity contribution >= 4 is 11.6 Å². The molecule has 0 bridgehead atoms. The van der Waals surface area contributed by atoms with Crippen LogP contribution in [0.2, 0.25) is 5.22 Å². The average molecular weight is 259 g/mol. The van der Waals surface area contributed by atoms with E-state index in [4.69, 9.17) is 26.6 Å². The first-order valence-corrected chi connectivity index (χ1v) is 6.49. The van der Waals surface area contributed by atoms with Gasteiger partial charge in [-0.1, -0.05) is 0 Å². The van der Waals surface area contributed by atoms with Gasteiger partial charge in [-0.15, -0.1) is 0 Å². The van der Waals surface area contributed by atoms with Crippen molar-refractivity contribution in [3.63, 3.8) is 0 Å².